The highest BCUT2D eigenvalue weighted by molar-refractivity contribution is 5.96. The molecule has 0 spiro atoms. The van der Waals surface area contributed by atoms with Crippen molar-refractivity contribution in [2.45, 2.75) is 51.0 Å². The van der Waals surface area contributed by atoms with Gasteiger partial charge in [-0.15, -0.1) is 0 Å². The summed E-state index contributed by atoms with van der Waals surface area (Å²) in [5.74, 6) is 0.348. The number of amides is 2. The number of hydrogen-bond acceptors (Lipinski definition) is 3. The van der Waals surface area contributed by atoms with Crippen LogP contribution in [0.15, 0.2) is 24.3 Å². The fourth-order valence-electron chi connectivity index (χ4n) is 3.91. The van der Waals surface area contributed by atoms with Gasteiger partial charge in [-0.3, -0.25) is 9.59 Å². The van der Waals surface area contributed by atoms with Gasteiger partial charge in [0.2, 0.25) is 11.8 Å². The van der Waals surface area contributed by atoms with Crippen LogP contribution < -0.4 is 16.4 Å². The Morgan fingerprint density at radius 3 is 2.88 bits per heavy atom. The van der Waals surface area contributed by atoms with Crippen molar-refractivity contribution in [1.82, 2.24) is 5.32 Å². The largest absolute Gasteiger partial charge is 0.353 e. The van der Waals surface area contributed by atoms with E-state index in [2.05, 4.69) is 10.6 Å². The Bertz CT molecular complexity index is 602. The average Bonchev–Trinajstić information content (AvgIpc) is 2.60. The van der Waals surface area contributed by atoms with E-state index in [-0.39, 0.29) is 23.8 Å². The summed E-state index contributed by atoms with van der Waals surface area (Å²) in [5, 5.41) is 6.09. The summed E-state index contributed by atoms with van der Waals surface area (Å²) in [5.41, 5.74) is 7.87. The van der Waals surface area contributed by atoms with Gasteiger partial charge in [0, 0.05) is 24.1 Å². The average molecular weight is 329 g/mol. The lowest BCUT2D eigenvalue weighted by atomic mass is 9.84. The van der Waals surface area contributed by atoms with Gasteiger partial charge in [0.05, 0.1) is 0 Å². The van der Waals surface area contributed by atoms with Gasteiger partial charge in [0.15, 0.2) is 0 Å². The van der Waals surface area contributed by atoms with Crippen molar-refractivity contribution >= 4 is 17.5 Å². The zero-order chi connectivity index (χ0) is 16.9. The van der Waals surface area contributed by atoms with Crippen molar-refractivity contribution in [2.24, 2.45) is 17.6 Å². The SMILES string of the molecule is NCC1CCCCC1NC(=O)CCC1Cc2ccccc2NC1=O. The smallest absolute Gasteiger partial charge is 0.227 e. The number of rotatable bonds is 5. The third-order valence-corrected chi connectivity index (χ3v) is 5.39. The van der Waals surface area contributed by atoms with Crippen LogP contribution in [0.3, 0.4) is 0 Å². The molecule has 1 aliphatic carbocycles. The van der Waals surface area contributed by atoms with E-state index < -0.39 is 0 Å². The number of carbonyl (C=O) groups is 2. The van der Waals surface area contributed by atoms with Crippen LogP contribution in [-0.2, 0) is 16.0 Å². The highest BCUT2D eigenvalue weighted by Gasteiger charge is 2.28. The van der Waals surface area contributed by atoms with E-state index in [4.69, 9.17) is 5.73 Å². The molecule has 1 aromatic rings. The third-order valence-electron chi connectivity index (χ3n) is 5.39. The minimum atomic E-state index is -0.123. The van der Waals surface area contributed by atoms with Gasteiger partial charge in [-0.2, -0.15) is 0 Å². The number of anilines is 1. The van der Waals surface area contributed by atoms with Crippen LogP contribution in [0.4, 0.5) is 5.69 Å². The Morgan fingerprint density at radius 2 is 2.04 bits per heavy atom. The number of fused-ring (bicyclic) bond motifs is 1. The van der Waals surface area contributed by atoms with Crippen LogP contribution in [0.2, 0.25) is 0 Å². The summed E-state index contributed by atoms with van der Waals surface area (Å²) < 4.78 is 0. The second-order valence-corrected chi connectivity index (χ2v) is 7.04. The van der Waals surface area contributed by atoms with Gasteiger partial charge >= 0.3 is 0 Å². The van der Waals surface area contributed by atoms with Crippen molar-refractivity contribution in [3.8, 4) is 0 Å². The molecule has 5 nitrogen and oxygen atoms in total. The van der Waals surface area contributed by atoms with Crippen molar-refractivity contribution in [1.29, 1.82) is 0 Å². The number of hydrogen-bond donors (Lipinski definition) is 3. The first-order valence-corrected chi connectivity index (χ1v) is 9.05. The highest BCUT2D eigenvalue weighted by atomic mass is 16.2. The molecule has 1 aliphatic heterocycles. The summed E-state index contributed by atoms with van der Waals surface area (Å²) in [7, 11) is 0. The number of carbonyl (C=O) groups excluding carboxylic acids is 2. The molecule has 0 radical (unpaired) electrons. The molecule has 2 aliphatic rings. The monoisotopic (exact) mass is 329 g/mol. The predicted octanol–water partition coefficient (Wildman–Crippen LogP) is 2.21. The molecule has 5 heteroatoms. The molecule has 1 fully saturated rings. The first kappa shape index (κ1) is 17.0. The third kappa shape index (κ3) is 3.96. The standard InChI is InChI=1S/C19H27N3O2/c20-12-15-6-2-4-8-17(15)21-18(23)10-9-14-11-13-5-1-3-7-16(13)22-19(14)24/h1,3,5,7,14-15,17H,2,4,6,8-12,20H2,(H,21,23)(H,22,24). The van der Waals surface area contributed by atoms with Crippen LogP contribution in [0.25, 0.3) is 0 Å². The first-order valence-electron chi connectivity index (χ1n) is 9.05. The lowest BCUT2D eigenvalue weighted by Gasteiger charge is -2.31. The second-order valence-electron chi connectivity index (χ2n) is 7.04. The van der Waals surface area contributed by atoms with Crippen LogP contribution in [0, 0.1) is 11.8 Å². The maximum atomic E-state index is 12.3. The number of nitrogens with one attached hydrogen (secondary N) is 2. The topological polar surface area (TPSA) is 84.2 Å². The number of para-hydroxylation sites is 1. The van der Waals surface area contributed by atoms with Crippen LogP contribution in [-0.4, -0.2) is 24.4 Å². The maximum Gasteiger partial charge on any atom is 0.227 e. The molecule has 4 N–H and O–H groups in total. The second kappa shape index (κ2) is 7.79. The molecule has 3 atom stereocenters. The lowest BCUT2D eigenvalue weighted by Crippen LogP contribution is -2.45. The Balaban J connectivity index is 1.50. The van der Waals surface area contributed by atoms with Gasteiger partial charge in [-0.05, 0) is 49.8 Å². The molecule has 24 heavy (non-hydrogen) atoms. The number of nitrogens with two attached hydrogens (primary N) is 1. The zero-order valence-electron chi connectivity index (χ0n) is 14.1. The fourth-order valence-corrected chi connectivity index (χ4v) is 3.91. The molecular weight excluding hydrogens is 302 g/mol. The van der Waals surface area contributed by atoms with Gasteiger partial charge in [0.1, 0.15) is 0 Å². The molecule has 3 rings (SSSR count). The molecule has 1 aromatic carbocycles. The summed E-state index contributed by atoms with van der Waals surface area (Å²) in [6.45, 7) is 0.632. The fraction of sp³-hybridized carbons (Fsp3) is 0.579. The highest BCUT2D eigenvalue weighted by Crippen LogP contribution is 2.28. The van der Waals surface area contributed by atoms with Crippen molar-refractivity contribution in [3.63, 3.8) is 0 Å². The molecule has 0 saturated heterocycles. The van der Waals surface area contributed by atoms with Crippen molar-refractivity contribution in [2.75, 3.05) is 11.9 Å². The minimum Gasteiger partial charge on any atom is -0.353 e. The van der Waals surface area contributed by atoms with E-state index in [1.54, 1.807) is 0 Å². The maximum absolute atomic E-state index is 12.3. The molecule has 3 unspecified atom stereocenters. The minimum absolute atomic E-state index is 0.0269. The normalized spacial score (nSPS) is 26.4. The summed E-state index contributed by atoms with van der Waals surface area (Å²) in [6.07, 6.45) is 6.18. The van der Waals surface area contributed by atoms with Crippen LogP contribution >= 0.6 is 0 Å². The lowest BCUT2D eigenvalue weighted by molar-refractivity contribution is -0.123. The molecule has 1 saturated carbocycles. The van der Waals surface area contributed by atoms with E-state index >= 15 is 0 Å². The molecule has 2 amide bonds. The Labute approximate surface area is 143 Å². The van der Waals surface area contributed by atoms with Gasteiger partial charge in [-0.25, -0.2) is 0 Å². The molecule has 1 heterocycles. The summed E-state index contributed by atoms with van der Waals surface area (Å²) in [4.78, 5) is 24.5. The summed E-state index contributed by atoms with van der Waals surface area (Å²) in [6, 6.07) is 8.07. The Hall–Kier alpha value is -1.88. The zero-order valence-corrected chi connectivity index (χ0v) is 14.1. The van der Waals surface area contributed by atoms with E-state index in [9.17, 15) is 9.59 Å². The molecule has 130 valence electrons. The van der Waals surface area contributed by atoms with Gasteiger partial charge in [0.25, 0.3) is 0 Å². The first-order chi connectivity index (χ1) is 11.7. The number of benzene rings is 1. The van der Waals surface area contributed by atoms with Crippen molar-refractivity contribution < 1.29 is 9.59 Å². The van der Waals surface area contributed by atoms with E-state index in [1.807, 2.05) is 24.3 Å². The van der Waals surface area contributed by atoms with E-state index in [1.165, 1.54) is 6.42 Å². The molecular formula is C19H27N3O2. The van der Waals surface area contributed by atoms with E-state index in [0.29, 0.717) is 31.7 Å². The summed E-state index contributed by atoms with van der Waals surface area (Å²) >= 11 is 0. The van der Waals surface area contributed by atoms with Gasteiger partial charge in [-0.1, -0.05) is 31.0 Å². The van der Waals surface area contributed by atoms with Crippen molar-refractivity contribution in [3.05, 3.63) is 29.8 Å². The van der Waals surface area contributed by atoms with E-state index in [0.717, 1.165) is 30.5 Å². The van der Waals surface area contributed by atoms with Crippen LogP contribution in [0.5, 0.6) is 0 Å². The predicted molar refractivity (Wildman–Crippen MR) is 94.4 cm³/mol. The van der Waals surface area contributed by atoms with Crippen LogP contribution in [0.1, 0.15) is 44.1 Å². The Kier molecular flexibility index (Phi) is 5.51. The van der Waals surface area contributed by atoms with Gasteiger partial charge < -0.3 is 16.4 Å². The Morgan fingerprint density at radius 1 is 1.25 bits per heavy atom. The molecule has 0 aromatic heterocycles. The quantitative estimate of drug-likeness (QED) is 0.774. The molecule has 0 bridgehead atoms.